The van der Waals surface area contributed by atoms with Crippen molar-refractivity contribution in [2.45, 2.75) is 11.7 Å². The van der Waals surface area contributed by atoms with E-state index in [4.69, 9.17) is 4.74 Å². The SMILES string of the molecule is COc1ccc(NC(=O)/C(C#N)=C2\S[C@@H](Cc3ccc(F)cc3)C(=O)N2c2ccccc2)cc1. The maximum absolute atomic E-state index is 13.4. The van der Waals surface area contributed by atoms with E-state index in [2.05, 4.69) is 5.32 Å². The first-order chi connectivity index (χ1) is 16.5. The largest absolute Gasteiger partial charge is 0.497 e. The molecule has 170 valence electrons. The van der Waals surface area contributed by atoms with Crippen molar-refractivity contribution in [3.05, 3.63) is 101 Å². The van der Waals surface area contributed by atoms with E-state index in [0.717, 1.165) is 17.3 Å². The lowest BCUT2D eigenvalue weighted by molar-refractivity contribution is -0.117. The van der Waals surface area contributed by atoms with Gasteiger partial charge in [0.15, 0.2) is 0 Å². The Morgan fingerprint density at radius 1 is 1.09 bits per heavy atom. The third-order valence-corrected chi connectivity index (χ3v) is 6.46. The number of benzene rings is 3. The van der Waals surface area contributed by atoms with E-state index in [1.807, 2.05) is 12.1 Å². The van der Waals surface area contributed by atoms with Crippen LogP contribution in [0.25, 0.3) is 0 Å². The number of hydrogen-bond acceptors (Lipinski definition) is 5. The molecule has 1 aliphatic heterocycles. The molecule has 1 saturated heterocycles. The van der Waals surface area contributed by atoms with Crippen LogP contribution >= 0.6 is 11.8 Å². The van der Waals surface area contributed by atoms with Gasteiger partial charge in [0.25, 0.3) is 5.91 Å². The van der Waals surface area contributed by atoms with E-state index in [1.165, 1.54) is 17.0 Å². The standard InChI is InChI=1S/C26H20FN3O3S/c1-33-21-13-11-19(12-14-21)29-24(31)22(16-28)26-30(20-5-3-2-4-6-20)25(32)23(34-26)15-17-7-9-18(27)10-8-17/h2-14,23H,15H2,1H3,(H,29,31)/b26-22-/t23-/m0/s1. The summed E-state index contributed by atoms with van der Waals surface area (Å²) < 4.78 is 18.4. The lowest BCUT2D eigenvalue weighted by Crippen LogP contribution is -2.30. The Morgan fingerprint density at radius 2 is 1.76 bits per heavy atom. The van der Waals surface area contributed by atoms with Gasteiger partial charge in [-0.05, 0) is 60.5 Å². The first kappa shape index (κ1) is 23.1. The summed E-state index contributed by atoms with van der Waals surface area (Å²) in [6.07, 6.45) is 0.329. The van der Waals surface area contributed by atoms with Gasteiger partial charge in [0, 0.05) is 11.4 Å². The molecule has 3 aromatic carbocycles. The summed E-state index contributed by atoms with van der Waals surface area (Å²) in [6, 6.07) is 23.5. The van der Waals surface area contributed by atoms with Crippen LogP contribution in [0.4, 0.5) is 15.8 Å². The summed E-state index contributed by atoms with van der Waals surface area (Å²) in [5.41, 5.74) is 1.66. The monoisotopic (exact) mass is 473 g/mol. The van der Waals surface area contributed by atoms with Gasteiger partial charge < -0.3 is 10.1 Å². The molecule has 0 spiro atoms. The van der Waals surface area contributed by atoms with E-state index >= 15 is 0 Å². The quantitative estimate of drug-likeness (QED) is 0.407. The molecule has 0 radical (unpaired) electrons. The summed E-state index contributed by atoms with van der Waals surface area (Å²) in [6.45, 7) is 0. The summed E-state index contributed by atoms with van der Waals surface area (Å²) in [5, 5.41) is 12.3. The Hall–Kier alpha value is -4.09. The van der Waals surface area contributed by atoms with Gasteiger partial charge >= 0.3 is 0 Å². The van der Waals surface area contributed by atoms with Crippen molar-refractivity contribution >= 4 is 35.0 Å². The third kappa shape index (κ3) is 4.95. The van der Waals surface area contributed by atoms with Crippen molar-refractivity contribution in [1.29, 1.82) is 5.26 Å². The molecule has 0 bridgehead atoms. The van der Waals surface area contributed by atoms with Gasteiger partial charge in [0.05, 0.1) is 12.4 Å². The molecule has 6 nitrogen and oxygen atoms in total. The average Bonchev–Trinajstić information content (AvgIpc) is 3.17. The number of nitrogens with one attached hydrogen (secondary N) is 1. The number of ether oxygens (including phenoxy) is 1. The number of nitrogens with zero attached hydrogens (tertiary/aromatic N) is 2. The second kappa shape index (κ2) is 10.2. The number of thioether (sulfide) groups is 1. The third-order valence-electron chi connectivity index (χ3n) is 5.20. The van der Waals surface area contributed by atoms with Crippen LogP contribution in [0.15, 0.2) is 89.5 Å². The fourth-order valence-electron chi connectivity index (χ4n) is 3.50. The van der Waals surface area contributed by atoms with Crippen LogP contribution in [0.2, 0.25) is 0 Å². The number of halogens is 1. The Kier molecular flexibility index (Phi) is 6.95. The molecule has 1 N–H and O–H groups in total. The second-order valence-electron chi connectivity index (χ2n) is 7.42. The number of carbonyl (C=O) groups is 2. The highest BCUT2D eigenvalue weighted by Gasteiger charge is 2.40. The van der Waals surface area contributed by atoms with E-state index in [9.17, 15) is 19.2 Å². The van der Waals surface area contributed by atoms with Gasteiger partial charge in [0.1, 0.15) is 28.2 Å². The molecule has 0 aliphatic carbocycles. The van der Waals surface area contributed by atoms with Crippen molar-refractivity contribution < 1.29 is 18.7 Å². The molecule has 0 saturated carbocycles. The van der Waals surface area contributed by atoms with Crippen molar-refractivity contribution in [2.75, 3.05) is 17.3 Å². The first-order valence-corrected chi connectivity index (χ1v) is 11.3. The molecular formula is C26H20FN3O3S. The predicted octanol–water partition coefficient (Wildman–Crippen LogP) is 4.90. The zero-order valence-electron chi connectivity index (χ0n) is 18.2. The molecule has 4 rings (SSSR count). The van der Waals surface area contributed by atoms with Gasteiger partial charge in [-0.3, -0.25) is 14.5 Å². The Morgan fingerprint density at radius 3 is 2.38 bits per heavy atom. The average molecular weight is 474 g/mol. The maximum Gasteiger partial charge on any atom is 0.269 e. The molecule has 34 heavy (non-hydrogen) atoms. The van der Waals surface area contributed by atoms with Crippen LogP contribution in [0.5, 0.6) is 5.75 Å². The van der Waals surface area contributed by atoms with Crippen LogP contribution in [0.1, 0.15) is 5.56 Å². The molecular weight excluding hydrogens is 453 g/mol. The molecule has 1 fully saturated rings. The molecule has 8 heteroatoms. The summed E-state index contributed by atoms with van der Waals surface area (Å²) >= 11 is 1.16. The predicted molar refractivity (Wildman–Crippen MR) is 130 cm³/mol. The highest BCUT2D eigenvalue weighted by atomic mass is 32.2. The lowest BCUT2D eigenvalue weighted by Gasteiger charge is -2.18. The van der Waals surface area contributed by atoms with Crippen LogP contribution in [-0.4, -0.2) is 24.2 Å². The minimum Gasteiger partial charge on any atom is -0.497 e. The van der Waals surface area contributed by atoms with E-state index < -0.39 is 11.2 Å². The van der Waals surface area contributed by atoms with Crippen molar-refractivity contribution in [3.63, 3.8) is 0 Å². The fraction of sp³-hybridized carbons (Fsp3) is 0.115. The molecule has 1 heterocycles. The zero-order chi connectivity index (χ0) is 24.1. The molecule has 1 aliphatic rings. The van der Waals surface area contributed by atoms with E-state index in [1.54, 1.807) is 67.8 Å². The number of nitriles is 1. The summed E-state index contributed by atoms with van der Waals surface area (Å²) in [7, 11) is 1.54. The topological polar surface area (TPSA) is 82.4 Å². The van der Waals surface area contributed by atoms with Crippen LogP contribution in [-0.2, 0) is 16.0 Å². The van der Waals surface area contributed by atoms with Crippen molar-refractivity contribution in [2.24, 2.45) is 0 Å². The number of anilines is 2. The summed E-state index contributed by atoms with van der Waals surface area (Å²) in [5.74, 6) is -0.595. The van der Waals surface area contributed by atoms with Crippen LogP contribution < -0.4 is 15.0 Å². The minimum absolute atomic E-state index is 0.167. The Labute approximate surface area is 200 Å². The molecule has 3 aromatic rings. The lowest BCUT2D eigenvalue weighted by atomic mass is 10.1. The number of methoxy groups -OCH3 is 1. The Bertz CT molecular complexity index is 1270. The van der Waals surface area contributed by atoms with Crippen molar-refractivity contribution in [1.82, 2.24) is 0 Å². The highest BCUT2D eigenvalue weighted by Crippen LogP contribution is 2.42. The van der Waals surface area contributed by atoms with Gasteiger partial charge in [-0.2, -0.15) is 5.26 Å². The molecule has 0 aromatic heterocycles. The number of para-hydroxylation sites is 1. The van der Waals surface area contributed by atoms with Crippen molar-refractivity contribution in [3.8, 4) is 11.8 Å². The van der Waals surface area contributed by atoms with Gasteiger partial charge in [-0.15, -0.1) is 0 Å². The highest BCUT2D eigenvalue weighted by molar-refractivity contribution is 8.05. The van der Waals surface area contributed by atoms with Crippen LogP contribution in [0, 0.1) is 17.1 Å². The summed E-state index contributed by atoms with van der Waals surface area (Å²) in [4.78, 5) is 27.9. The normalized spacial score (nSPS) is 16.7. The number of carbonyl (C=O) groups excluding carboxylic acids is 2. The van der Waals surface area contributed by atoms with E-state index in [-0.39, 0.29) is 22.3 Å². The molecule has 2 amide bonds. The minimum atomic E-state index is -0.619. The Balaban J connectivity index is 1.68. The van der Waals surface area contributed by atoms with Gasteiger partial charge in [-0.25, -0.2) is 4.39 Å². The van der Waals surface area contributed by atoms with Crippen LogP contribution in [0.3, 0.4) is 0 Å². The zero-order valence-corrected chi connectivity index (χ0v) is 19.0. The molecule has 0 unspecified atom stereocenters. The number of amides is 2. The smallest absolute Gasteiger partial charge is 0.269 e. The first-order valence-electron chi connectivity index (χ1n) is 10.4. The fourth-order valence-corrected chi connectivity index (χ4v) is 4.81. The second-order valence-corrected chi connectivity index (χ2v) is 8.61. The van der Waals surface area contributed by atoms with Gasteiger partial charge in [-0.1, -0.05) is 42.1 Å². The van der Waals surface area contributed by atoms with Gasteiger partial charge in [0.2, 0.25) is 5.91 Å². The number of rotatable bonds is 6. The number of hydrogen-bond donors (Lipinski definition) is 1. The van der Waals surface area contributed by atoms with E-state index in [0.29, 0.717) is 23.5 Å². The maximum atomic E-state index is 13.4. The molecule has 1 atom stereocenters.